The van der Waals surface area contributed by atoms with Gasteiger partial charge in [0.1, 0.15) is 11.0 Å². The summed E-state index contributed by atoms with van der Waals surface area (Å²) in [5.41, 5.74) is -0.438. The molecule has 1 aliphatic carbocycles. The average molecular weight is 572 g/mol. The van der Waals surface area contributed by atoms with Crippen molar-refractivity contribution in [2.75, 3.05) is 13.1 Å². The monoisotopic (exact) mass is 571 g/mol. The van der Waals surface area contributed by atoms with Crippen LogP contribution in [0.1, 0.15) is 64.2 Å². The molecule has 8 heteroatoms. The lowest BCUT2D eigenvalue weighted by Gasteiger charge is -2.36. The van der Waals surface area contributed by atoms with Crippen molar-refractivity contribution in [3.63, 3.8) is 0 Å². The van der Waals surface area contributed by atoms with Crippen LogP contribution in [0, 0.1) is 5.41 Å². The molecule has 210 valence electrons. The molecular formula is C31H38ClNO5S. The second-order valence-corrected chi connectivity index (χ2v) is 13.1. The molecule has 3 atom stereocenters. The molecule has 2 aromatic carbocycles. The Morgan fingerprint density at radius 2 is 1.82 bits per heavy atom. The number of carboxylic acid groups (broad SMARTS) is 1. The van der Waals surface area contributed by atoms with Gasteiger partial charge in [-0.2, -0.15) is 0 Å². The van der Waals surface area contributed by atoms with Gasteiger partial charge in [-0.3, -0.25) is 4.79 Å². The lowest BCUT2D eigenvalue weighted by molar-refractivity contribution is -0.144. The van der Waals surface area contributed by atoms with Crippen LogP contribution in [-0.2, 0) is 9.53 Å². The van der Waals surface area contributed by atoms with E-state index in [1.54, 1.807) is 51.1 Å². The summed E-state index contributed by atoms with van der Waals surface area (Å²) in [6, 6.07) is 16.8. The highest BCUT2D eigenvalue weighted by Gasteiger charge is 2.43. The molecule has 2 unspecified atom stereocenters. The second kappa shape index (κ2) is 13.1. The fourth-order valence-corrected chi connectivity index (χ4v) is 5.81. The smallest absolute Gasteiger partial charge is 0.410 e. The molecule has 0 aromatic heterocycles. The SMILES string of the molecule is CC(C)SC1=CC(c2ccccc2)C=CC1(CCN(C[C@H](O)c1cccc(Cl)c1)C(=O)OC(C)(C)C)C(=O)O. The number of allylic oxidation sites excluding steroid dienone is 2. The van der Waals surface area contributed by atoms with E-state index in [1.165, 1.54) is 16.7 Å². The van der Waals surface area contributed by atoms with Crippen LogP contribution in [-0.4, -0.2) is 51.1 Å². The number of benzene rings is 2. The molecule has 6 nitrogen and oxygen atoms in total. The van der Waals surface area contributed by atoms with Crippen molar-refractivity contribution in [3.05, 3.63) is 93.9 Å². The van der Waals surface area contributed by atoms with Crippen LogP contribution in [0.15, 0.2) is 77.7 Å². The number of aliphatic carboxylic acids is 1. The van der Waals surface area contributed by atoms with E-state index in [4.69, 9.17) is 16.3 Å². The number of hydrogen-bond acceptors (Lipinski definition) is 5. The van der Waals surface area contributed by atoms with E-state index in [1.807, 2.05) is 56.3 Å². The molecule has 0 saturated heterocycles. The summed E-state index contributed by atoms with van der Waals surface area (Å²) in [5.74, 6) is -1.03. The van der Waals surface area contributed by atoms with Crippen molar-refractivity contribution < 1.29 is 24.5 Å². The third-order valence-electron chi connectivity index (χ3n) is 6.34. The van der Waals surface area contributed by atoms with Gasteiger partial charge in [-0.1, -0.05) is 86.1 Å². The zero-order valence-corrected chi connectivity index (χ0v) is 24.7. The lowest BCUT2D eigenvalue weighted by atomic mass is 9.77. The predicted molar refractivity (Wildman–Crippen MR) is 158 cm³/mol. The Labute approximate surface area is 240 Å². The first-order chi connectivity index (χ1) is 18.3. The van der Waals surface area contributed by atoms with Crippen LogP contribution in [0.2, 0.25) is 5.02 Å². The molecule has 0 bridgehead atoms. The summed E-state index contributed by atoms with van der Waals surface area (Å²) in [6.45, 7) is 9.35. The van der Waals surface area contributed by atoms with Gasteiger partial charge < -0.3 is 19.8 Å². The van der Waals surface area contributed by atoms with E-state index in [0.717, 1.165) is 10.5 Å². The van der Waals surface area contributed by atoms with E-state index >= 15 is 0 Å². The number of nitrogens with zero attached hydrogens (tertiary/aromatic N) is 1. The molecular weight excluding hydrogens is 534 g/mol. The minimum Gasteiger partial charge on any atom is -0.480 e. The highest BCUT2D eigenvalue weighted by atomic mass is 35.5. The minimum absolute atomic E-state index is 0.0495. The maximum Gasteiger partial charge on any atom is 0.410 e. The average Bonchev–Trinajstić information content (AvgIpc) is 2.86. The Hall–Kier alpha value is -2.74. The summed E-state index contributed by atoms with van der Waals surface area (Å²) in [5, 5.41) is 22.1. The summed E-state index contributed by atoms with van der Waals surface area (Å²) in [4.78, 5) is 28.2. The third-order valence-corrected chi connectivity index (χ3v) is 7.80. The molecule has 1 amide bonds. The predicted octanol–water partition coefficient (Wildman–Crippen LogP) is 7.45. The number of carbonyl (C=O) groups excluding carboxylic acids is 1. The van der Waals surface area contributed by atoms with E-state index in [0.29, 0.717) is 10.6 Å². The number of rotatable bonds is 10. The molecule has 3 rings (SSSR count). The number of ether oxygens (including phenoxy) is 1. The standard InChI is InChI=1S/C31H38ClNO5S/c1-21(2)39-27-19-23(22-10-7-6-8-11-22)14-15-31(27,28(35)36)16-17-33(29(37)38-30(3,4)5)20-26(34)24-12-9-13-25(32)18-24/h6-15,18-19,21,23,26,34H,16-17,20H2,1-5H3,(H,35,36)/t23?,26-,31?/m0/s1. The van der Waals surface area contributed by atoms with Crippen molar-refractivity contribution in [2.45, 2.75) is 63.9 Å². The first-order valence-electron chi connectivity index (χ1n) is 13.1. The first-order valence-corrected chi connectivity index (χ1v) is 14.3. The minimum atomic E-state index is -1.32. The van der Waals surface area contributed by atoms with Crippen LogP contribution in [0.5, 0.6) is 0 Å². The van der Waals surface area contributed by atoms with E-state index < -0.39 is 29.2 Å². The largest absolute Gasteiger partial charge is 0.480 e. The van der Waals surface area contributed by atoms with Gasteiger partial charge in [0.15, 0.2) is 0 Å². The molecule has 0 aliphatic heterocycles. The van der Waals surface area contributed by atoms with Crippen LogP contribution in [0.3, 0.4) is 0 Å². The van der Waals surface area contributed by atoms with Crippen molar-refractivity contribution in [1.82, 2.24) is 4.90 Å². The fourth-order valence-electron chi connectivity index (χ4n) is 4.41. The normalized spacial score (nSPS) is 19.9. The van der Waals surface area contributed by atoms with Gasteiger partial charge >= 0.3 is 12.1 Å². The Kier molecular flexibility index (Phi) is 10.3. The quantitative estimate of drug-likeness (QED) is 0.288. The highest BCUT2D eigenvalue weighted by Crippen LogP contribution is 2.47. The second-order valence-electron chi connectivity index (χ2n) is 11.0. The van der Waals surface area contributed by atoms with E-state index in [9.17, 15) is 19.8 Å². The number of carboxylic acids is 1. The van der Waals surface area contributed by atoms with Gasteiger partial charge in [-0.05, 0) is 50.5 Å². The summed E-state index contributed by atoms with van der Waals surface area (Å²) in [6.07, 6.45) is 4.18. The van der Waals surface area contributed by atoms with Gasteiger partial charge in [0.2, 0.25) is 0 Å². The Balaban J connectivity index is 1.92. The molecule has 0 saturated carbocycles. The van der Waals surface area contributed by atoms with Crippen LogP contribution < -0.4 is 0 Å². The lowest BCUT2D eigenvalue weighted by Crippen LogP contribution is -2.43. The zero-order valence-electron chi connectivity index (χ0n) is 23.1. The van der Waals surface area contributed by atoms with Crippen molar-refractivity contribution >= 4 is 35.4 Å². The number of aliphatic hydroxyl groups is 1. The molecule has 39 heavy (non-hydrogen) atoms. The number of hydrogen-bond donors (Lipinski definition) is 2. The topological polar surface area (TPSA) is 87.1 Å². The zero-order chi connectivity index (χ0) is 28.8. The number of thioether (sulfide) groups is 1. The Bertz CT molecular complexity index is 1210. The maximum absolute atomic E-state index is 13.2. The summed E-state index contributed by atoms with van der Waals surface area (Å²) >= 11 is 7.63. The van der Waals surface area contributed by atoms with Crippen LogP contribution in [0.25, 0.3) is 0 Å². The first kappa shape index (κ1) is 30.8. The number of halogens is 1. The van der Waals surface area contributed by atoms with Gasteiger partial charge in [0, 0.05) is 27.6 Å². The van der Waals surface area contributed by atoms with E-state index in [2.05, 4.69) is 0 Å². The molecule has 0 radical (unpaired) electrons. The van der Waals surface area contributed by atoms with Crippen molar-refractivity contribution in [1.29, 1.82) is 0 Å². The highest BCUT2D eigenvalue weighted by molar-refractivity contribution is 8.03. The van der Waals surface area contributed by atoms with Gasteiger partial charge in [0.25, 0.3) is 0 Å². The Morgan fingerprint density at radius 1 is 1.13 bits per heavy atom. The van der Waals surface area contributed by atoms with Gasteiger partial charge in [-0.15, -0.1) is 11.8 Å². The number of carbonyl (C=O) groups is 2. The van der Waals surface area contributed by atoms with E-state index in [-0.39, 0.29) is 30.7 Å². The number of aliphatic hydroxyl groups excluding tert-OH is 1. The number of amides is 1. The molecule has 0 heterocycles. The summed E-state index contributed by atoms with van der Waals surface area (Å²) in [7, 11) is 0. The van der Waals surface area contributed by atoms with Crippen LogP contribution in [0.4, 0.5) is 4.79 Å². The Morgan fingerprint density at radius 3 is 2.41 bits per heavy atom. The molecule has 2 aromatic rings. The molecule has 2 N–H and O–H groups in total. The maximum atomic E-state index is 13.2. The fraction of sp³-hybridized carbons (Fsp3) is 0.419. The third kappa shape index (κ3) is 8.37. The van der Waals surface area contributed by atoms with Crippen molar-refractivity contribution in [2.24, 2.45) is 5.41 Å². The molecule has 0 fully saturated rings. The van der Waals surface area contributed by atoms with Gasteiger partial charge in [0.05, 0.1) is 12.6 Å². The van der Waals surface area contributed by atoms with Crippen LogP contribution >= 0.6 is 23.4 Å². The molecule has 0 spiro atoms. The molecule has 1 aliphatic rings. The van der Waals surface area contributed by atoms with Crippen molar-refractivity contribution in [3.8, 4) is 0 Å². The summed E-state index contributed by atoms with van der Waals surface area (Å²) < 4.78 is 5.62. The van der Waals surface area contributed by atoms with Gasteiger partial charge in [-0.25, -0.2) is 4.79 Å².